The van der Waals surface area contributed by atoms with E-state index in [9.17, 15) is 4.79 Å². The topological polar surface area (TPSA) is 59.6 Å². The Bertz CT molecular complexity index is 495. The summed E-state index contributed by atoms with van der Waals surface area (Å²) in [6.45, 7) is 9.36. The number of ether oxygens (including phenoxy) is 2. The zero-order valence-corrected chi connectivity index (χ0v) is 14.4. The minimum Gasteiger partial charge on any atom is -0.497 e. The summed E-state index contributed by atoms with van der Waals surface area (Å²) >= 11 is 0. The van der Waals surface area contributed by atoms with E-state index in [0.717, 1.165) is 6.54 Å². The van der Waals surface area contributed by atoms with E-state index in [4.69, 9.17) is 9.47 Å². The van der Waals surface area contributed by atoms with Crippen LogP contribution in [-0.4, -0.2) is 32.7 Å². The van der Waals surface area contributed by atoms with Gasteiger partial charge in [-0.2, -0.15) is 0 Å². The Hall–Kier alpha value is -1.75. The van der Waals surface area contributed by atoms with E-state index in [1.807, 2.05) is 6.92 Å². The number of amides is 1. The van der Waals surface area contributed by atoms with Gasteiger partial charge in [-0.25, -0.2) is 0 Å². The SMILES string of the molecule is COc1ccc(NC(=O)CC(C)NCC(C)(C)C)c(OC)c1. The monoisotopic (exact) mass is 308 g/mol. The fourth-order valence-corrected chi connectivity index (χ4v) is 1.93. The fraction of sp³-hybridized carbons (Fsp3) is 0.588. The molecule has 0 bridgehead atoms. The Balaban J connectivity index is 2.58. The lowest BCUT2D eigenvalue weighted by atomic mass is 9.96. The third kappa shape index (κ3) is 6.35. The summed E-state index contributed by atoms with van der Waals surface area (Å²) < 4.78 is 10.4. The first-order valence-corrected chi connectivity index (χ1v) is 7.50. The average Bonchev–Trinajstić information content (AvgIpc) is 2.44. The van der Waals surface area contributed by atoms with Crippen molar-refractivity contribution in [2.24, 2.45) is 5.41 Å². The summed E-state index contributed by atoms with van der Waals surface area (Å²) in [7, 11) is 3.16. The molecule has 2 N–H and O–H groups in total. The highest BCUT2D eigenvalue weighted by Gasteiger charge is 2.15. The highest BCUT2D eigenvalue weighted by atomic mass is 16.5. The Labute approximate surface area is 133 Å². The Morgan fingerprint density at radius 2 is 1.91 bits per heavy atom. The van der Waals surface area contributed by atoms with Crippen LogP contribution in [0.25, 0.3) is 0 Å². The second kappa shape index (κ2) is 8.03. The molecule has 0 heterocycles. The summed E-state index contributed by atoms with van der Waals surface area (Å²) in [4.78, 5) is 12.1. The fourth-order valence-electron chi connectivity index (χ4n) is 1.93. The van der Waals surface area contributed by atoms with E-state index >= 15 is 0 Å². The van der Waals surface area contributed by atoms with Gasteiger partial charge in [0.15, 0.2) is 0 Å². The smallest absolute Gasteiger partial charge is 0.226 e. The van der Waals surface area contributed by atoms with Crippen LogP contribution in [0, 0.1) is 5.41 Å². The molecule has 0 aliphatic rings. The minimum atomic E-state index is -0.0441. The van der Waals surface area contributed by atoms with Gasteiger partial charge in [0, 0.05) is 25.1 Å². The molecular formula is C17H28N2O3. The first kappa shape index (κ1) is 18.3. The third-order valence-electron chi connectivity index (χ3n) is 3.16. The van der Waals surface area contributed by atoms with Crippen LogP contribution in [0.1, 0.15) is 34.1 Å². The number of methoxy groups -OCH3 is 2. The van der Waals surface area contributed by atoms with Gasteiger partial charge in [-0.05, 0) is 24.5 Å². The Morgan fingerprint density at radius 3 is 2.45 bits per heavy atom. The summed E-state index contributed by atoms with van der Waals surface area (Å²) in [5, 5.41) is 6.26. The van der Waals surface area contributed by atoms with E-state index in [-0.39, 0.29) is 17.4 Å². The van der Waals surface area contributed by atoms with E-state index in [2.05, 4.69) is 31.4 Å². The number of hydrogen-bond acceptors (Lipinski definition) is 4. The first-order chi connectivity index (χ1) is 10.2. The van der Waals surface area contributed by atoms with Gasteiger partial charge in [-0.15, -0.1) is 0 Å². The van der Waals surface area contributed by atoms with Crippen molar-refractivity contribution in [3.63, 3.8) is 0 Å². The Morgan fingerprint density at radius 1 is 1.23 bits per heavy atom. The van der Waals surface area contributed by atoms with E-state index in [0.29, 0.717) is 23.6 Å². The number of nitrogens with one attached hydrogen (secondary N) is 2. The molecule has 0 saturated carbocycles. The second-order valence-corrected chi connectivity index (χ2v) is 6.66. The molecule has 0 spiro atoms. The van der Waals surface area contributed by atoms with Crippen LogP contribution in [0.3, 0.4) is 0 Å². The van der Waals surface area contributed by atoms with E-state index in [1.165, 1.54) is 0 Å². The predicted molar refractivity (Wildman–Crippen MR) is 89.7 cm³/mol. The molecule has 0 fully saturated rings. The number of hydrogen-bond donors (Lipinski definition) is 2. The minimum absolute atomic E-state index is 0.0441. The van der Waals surface area contributed by atoms with Gasteiger partial charge in [0.25, 0.3) is 0 Å². The van der Waals surface area contributed by atoms with Crippen molar-refractivity contribution in [1.29, 1.82) is 0 Å². The molecule has 22 heavy (non-hydrogen) atoms. The zero-order valence-electron chi connectivity index (χ0n) is 14.4. The third-order valence-corrected chi connectivity index (χ3v) is 3.16. The molecular weight excluding hydrogens is 280 g/mol. The molecule has 1 amide bonds. The quantitative estimate of drug-likeness (QED) is 0.813. The van der Waals surface area contributed by atoms with Crippen LogP contribution in [-0.2, 0) is 4.79 Å². The number of carbonyl (C=O) groups is 1. The van der Waals surface area contributed by atoms with Crippen LogP contribution < -0.4 is 20.1 Å². The molecule has 5 nitrogen and oxygen atoms in total. The normalized spacial score (nSPS) is 12.6. The molecule has 0 aliphatic heterocycles. The number of anilines is 1. The van der Waals surface area contributed by atoms with E-state index in [1.54, 1.807) is 32.4 Å². The van der Waals surface area contributed by atoms with Crippen molar-refractivity contribution in [3.8, 4) is 11.5 Å². The van der Waals surface area contributed by atoms with Crippen molar-refractivity contribution in [3.05, 3.63) is 18.2 Å². The molecule has 1 atom stereocenters. The Kier molecular flexibility index (Phi) is 6.68. The molecule has 0 radical (unpaired) electrons. The maximum Gasteiger partial charge on any atom is 0.226 e. The zero-order chi connectivity index (χ0) is 16.8. The van der Waals surface area contributed by atoms with Crippen LogP contribution in [0.2, 0.25) is 0 Å². The molecule has 0 saturated heterocycles. The van der Waals surface area contributed by atoms with Crippen molar-refractivity contribution in [2.75, 3.05) is 26.1 Å². The van der Waals surface area contributed by atoms with Gasteiger partial charge >= 0.3 is 0 Å². The highest BCUT2D eigenvalue weighted by Crippen LogP contribution is 2.29. The molecule has 1 rings (SSSR count). The lowest BCUT2D eigenvalue weighted by Gasteiger charge is -2.22. The van der Waals surface area contributed by atoms with Crippen molar-refractivity contribution in [2.45, 2.75) is 40.2 Å². The van der Waals surface area contributed by atoms with Crippen LogP contribution >= 0.6 is 0 Å². The molecule has 0 aliphatic carbocycles. The average molecular weight is 308 g/mol. The lowest BCUT2D eigenvalue weighted by molar-refractivity contribution is -0.116. The van der Waals surface area contributed by atoms with Gasteiger partial charge in [-0.1, -0.05) is 20.8 Å². The number of benzene rings is 1. The van der Waals surface area contributed by atoms with Gasteiger partial charge in [0.1, 0.15) is 11.5 Å². The largest absolute Gasteiger partial charge is 0.497 e. The summed E-state index contributed by atoms with van der Waals surface area (Å²) in [5.74, 6) is 1.23. The molecule has 1 aromatic rings. The first-order valence-electron chi connectivity index (χ1n) is 7.50. The van der Waals surface area contributed by atoms with Crippen LogP contribution in [0.5, 0.6) is 11.5 Å². The van der Waals surface area contributed by atoms with Gasteiger partial charge < -0.3 is 20.1 Å². The molecule has 124 valence electrons. The van der Waals surface area contributed by atoms with Crippen LogP contribution in [0.4, 0.5) is 5.69 Å². The van der Waals surface area contributed by atoms with Crippen molar-refractivity contribution in [1.82, 2.24) is 5.32 Å². The van der Waals surface area contributed by atoms with Gasteiger partial charge in [0.05, 0.1) is 19.9 Å². The second-order valence-electron chi connectivity index (χ2n) is 6.66. The lowest BCUT2D eigenvalue weighted by Crippen LogP contribution is -2.36. The molecule has 0 aromatic heterocycles. The maximum atomic E-state index is 12.1. The molecule has 1 unspecified atom stereocenters. The highest BCUT2D eigenvalue weighted by molar-refractivity contribution is 5.92. The van der Waals surface area contributed by atoms with Gasteiger partial charge in [-0.3, -0.25) is 4.79 Å². The van der Waals surface area contributed by atoms with Crippen LogP contribution in [0.15, 0.2) is 18.2 Å². The van der Waals surface area contributed by atoms with E-state index < -0.39 is 0 Å². The number of rotatable bonds is 7. The molecule has 1 aromatic carbocycles. The number of carbonyl (C=O) groups excluding carboxylic acids is 1. The van der Waals surface area contributed by atoms with Crippen molar-refractivity contribution >= 4 is 11.6 Å². The summed E-state index contributed by atoms with van der Waals surface area (Å²) in [5.41, 5.74) is 0.848. The molecule has 5 heteroatoms. The maximum absolute atomic E-state index is 12.1. The summed E-state index contributed by atoms with van der Waals surface area (Å²) in [6, 6.07) is 5.43. The summed E-state index contributed by atoms with van der Waals surface area (Å²) in [6.07, 6.45) is 0.408. The van der Waals surface area contributed by atoms with Gasteiger partial charge in [0.2, 0.25) is 5.91 Å². The predicted octanol–water partition coefficient (Wildman–Crippen LogP) is 3.06. The van der Waals surface area contributed by atoms with Crippen molar-refractivity contribution < 1.29 is 14.3 Å². The standard InChI is InChI=1S/C17H28N2O3/c1-12(18-11-17(2,3)4)9-16(20)19-14-8-7-13(21-5)10-15(14)22-6/h7-8,10,12,18H,9,11H2,1-6H3,(H,19,20).